The van der Waals surface area contributed by atoms with Gasteiger partial charge in [-0.3, -0.25) is 0 Å². The van der Waals surface area contributed by atoms with Gasteiger partial charge in [-0.25, -0.2) is 18.6 Å². The molecule has 0 spiro atoms. The van der Waals surface area contributed by atoms with Crippen molar-refractivity contribution < 1.29 is 18.3 Å². The molecule has 0 aromatic carbocycles. The SMILES string of the molecule is CCOC(=O)c1cc(N)nc(CN)c1C(F)F. The summed E-state index contributed by atoms with van der Waals surface area (Å²) < 4.78 is 30.4. The van der Waals surface area contributed by atoms with Gasteiger partial charge in [-0.15, -0.1) is 0 Å². The molecule has 0 fully saturated rings. The number of hydrogen-bond acceptors (Lipinski definition) is 5. The maximum atomic E-state index is 12.9. The maximum Gasteiger partial charge on any atom is 0.338 e. The van der Waals surface area contributed by atoms with E-state index in [2.05, 4.69) is 9.72 Å². The van der Waals surface area contributed by atoms with Crippen LogP contribution in [-0.2, 0) is 11.3 Å². The summed E-state index contributed by atoms with van der Waals surface area (Å²) >= 11 is 0. The highest BCUT2D eigenvalue weighted by atomic mass is 19.3. The molecular formula is C10H13F2N3O2. The van der Waals surface area contributed by atoms with Gasteiger partial charge in [0.15, 0.2) is 0 Å². The lowest BCUT2D eigenvalue weighted by Crippen LogP contribution is -2.15. The molecule has 0 bridgehead atoms. The molecule has 0 amide bonds. The zero-order chi connectivity index (χ0) is 13.0. The van der Waals surface area contributed by atoms with E-state index in [9.17, 15) is 13.6 Å². The van der Waals surface area contributed by atoms with Gasteiger partial charge in [0.1, 0.15) is 5.82 Å². The van der Waals surface area contributed by atoms with Crippen LogP contribution in [0.3, 0.4) is 0 Å². The van der Waals surface area contributed by atoms with Gasteiger partial charge in [0, 0.05) is 6.54 Å². The molecule has 1 aromatic rings. The van der Waals surface area contributed by atoms with Crippen LogP contribution >= 0.6 is 0 Å². The van der Waals surface area contributed by atoms with Crippen LogP contribution in [-0.4, -0.2) is 17.6 Å². The average molecular weight is 245 g/mol. The molecule has 0 saturated heterocycles. The molecule has 0 saturated carbocycles. The Kier molecular flexibility index (Phi) is 4.33. The Morgan fingerprint density at radius 1 is 1.59 bits per heavy atom. The Morgan fingerprint density at radius 2 is 2.24 bits per heavy atom. The number of carbonyl (C=O) groups excluding carboxylic acids is 1. The van der Waals surface area contributed by atoms with Crippen molar-refractivity contribution in [1.82, 2.24) is 4.98 Å². The Hall–Kier alpha value is -1.76. The second-order valence-corrected chi connectivity index (χ2v) is 3.18. The second-order valence-electron chi connectivity index (χ2n) is 3.18. The van der Waals surface area contributed by atoms with Crippen molar-refractivity contribution in [2.24, 2.45) is 5.73 Å². The number of alkyl halides is 2. The number of nitrogens with two attached hydrogens (primary N) is 2. The minimum absolute atomic E-state index is 0.0436. The highest BCUT2D eigenvalue weighted by molar-refractivity contribution is 5.92. The third-order valence-corrected chi connectivity index (χ3v) is 2.06. The number of halogens is 2. The zero-order valence-electron chi connectivity index (χ0n) is 9.24. The second kappa shape index (κ2) is 5.53. The van der Waals surface area contributed by atoms with Crippen molar-refractivity contribution in [3.63, 3.8) is 0 Å². The van der Waals surface area contributed by atoms with Crippen LogP contribution in [0.1, 0.15) is 35.0 Å². The maximum absolute atomic E-state index is 12.9. The monoisotopic (exact) mass is 245 g/mol. The van der Waals surface area contributed by atoms with Crippen molar-refractivity contribution in [1.29, 1.82) is 0 Å². The molecule has 5 nitrogen and oxygen atoms in total. The van der Waals surface area contributed by atoms with Crippen molar-refractivity contribution >= 4 is 11.8 Å². The summed E-state index contributed by atoms with van der Waals surface area (Å²) in [5, 5.41) is 0. The van der Waals surface area contributed by atoms with Crippen molar-refractivity contribution in [3.8, 4) is 0 Å². The van der Waals surface area contributed by atoms with Crippen LogP contribution in [0.25, 0.3) is 0 Å². The fraction of sp³-hybridized carbons (Fsp3) is 0.400. The number of nitrogens with zero attached hydrogens (tertiary/aromatic N) is 1. The predicted molar refractivity (Wildman–Crippen MR) is 57.5 cm³/mol. The number of aromatic nitrogens is 1. The summed E-state index contributed by atoms with van der Waals surface area (Å²) in [7, 11) is 0. The molecule has 0 aliphatic heterocycles. The molecule has 0 unspecified atom stereocenters. The number of nitrogen functional groups attached to an aromatic ring is 1. The molecule has 1 aromatic heterocycles. The van der Waals surface area contributed by atoms with E-state index in [1.54, 1.807) is 6.92 Å². The van der Waals surface area contributed by atoms with Crippen molar-refractivity contribution in [2.45, 2.75) is 19.9 Å². The number of anilines is 1. The van der Waals surface area contributed by atoms with Gasteiger partial charge >= 0.3 is 5.97 Å². The Balaban J connectivity index is 3.35. The first-order chi connectivity index (χ1) is 8.01. The van der Waals surface area contributed by atoms with Crippen LogP contribution in [0.2, 0.25) is 0 Å². The van der Waals surface area contributed by atoms with E-state index in [4.69, 9.17) is 11.5 Å². The van der Waals surface area contributed by atoms with Gasteiger partial charge in [-0.05, 0) is 13.0 Å². The fourth-order valence-corrected chi connectivity index (χ4v) is 1.41. The molecule has 17 heavy (non-hydrogen) atoms. The number of carbonyl (C=O) groups is 1. The van der Waals surface area contributed by atoms with Crippen molar-refractivity contribution in [2.75, 3.05) is 12.3 Å². The standard InChI is InChI=1S/C10H13F2N3O2/c1-2-17-10(16)5-3-7(14)15-6(4-13)8(5)9(11)12/h3,9H,2,4,13H2,1H3,(H2,14,15). The van der Waals surface area contributed by atoms with E-state index in [0.717, 1.165) is 6.07 Å². The Morgan fingerprint density at radius 3 is 2.71 bits per heavy atom. The molecule has 0 aliphatic carbocycles. The number of ether oxygens (including phenoxy) is 1. The lowest BCUT2D eigenvalue weighted by atomic mass is 10.1. The molecule has 4 N–H and O–H groups in total. The Labute approximate surface area is 96.8 Å². The smallest absolute Gasteiger partial charge is 0.338 e. The topological polar surface area (TPSA) is 91.2 Å². The first-order valence-electron chi connectivity index (χ1n) is 4.95. The summed E-state index contributed by atoms with van der Waals surface area (Å²) in [6.45, 7) is 1.44. The van der Waals surface area contributed by atoms with E-state index in [-0.39, 0.29) is 30.2 Å². The van der Waals surface area contributed by atoms with Gasteiger partial charge in [0.25, 0.3) is 6.43 Å². The van der Waals surface area contributed by atoms with E-state index >= 15 is 0 Å². The van der Waals surface area contributed by atoms with Crippen LogP contribution in [0, 0.1) is 0 Å². The van der Waals surface area contributed by atoms with E-state index in [1.165, 1.54) is 0 Å². The molecule has 1 rings (SSSR count). The number of esters is 1. The lowest BCUT2D eigenvalue weighted by Gasteiger charge is -2.12. The molecule has 7 heteroatoms. The molecular weight excluding hydrogens is 232 g/mol. The normalized spacial score (nSPS) is 10.6. The van der Waals surface area contributed by atoms with Crippen LogP contribution < -0.4 is 11.5 Å². The van der Waals surface area contributed by atoms with Crippen molar-refractivity contribution in [3.05, 3.63) is 22.9 Å². The van der Waals surface area contributed by atoms with E-state index in [0.29, 0.717) is 0 Å². The highest BCUT2D eigenvalue weighted by Gasteiger charge is 2.24. The van der Waals surface area contributed by atoms with Crippen LogP contribution in [0.5, 0.6) is 0 Å². The quantitative estimate of drug-likeness (QED) is 0.778. The average Bonchev–Trinajstić information content (AvgIpc) is 2.27. The molecule has 1 heterocycles. The zero-order valence-corrected chi connectivity index (χ0v) is 9.24. The largest absolute Gasteiger partial charge is 0.462 e. The first kappa shape index (κ1) is 13.3. The predicted octanol–water partition coefficient (Wildman–Crippen LogP) is 1.24. The molecule has 0 aliphatic rings. The number of rotatable bonds is 4. The third kappa shape index (κ3) is 2.88. The minimum atomic E-state index is -2.86. The van der Waals surface area contributed by atoms with Gasteiger partial charge in [-0.2, -0.15) is 0 Å². The van der Waals surface area contributed by atoms with Gasteiger partial charge < -0.3 is 16.2 Å². The number of pyridine rings is 1. The first-order valence-corrected chi connectivity index (χ1v) is 4.95. The molecule has 0 atom stereocenters. The Bertz CT molecular complexity index is 424. The number of hydrogen-bond donors (Lipinski definition) is 2. The van der Waals surface area contributed by atoms with Gasteiger partial charge in [0.05, 0.1) is 23.4 Å². The summed E-state index contributed by atoms with van der Waals surface area (Å²) in [5.41, 5.74) is 9.82. The van der Waals surface area contributed by atoms with Crippen LogP contribution in [0.15, 0.2) is 6.07 Å². The summed E-state index contributed by atoms with van der Waals surface area (Å²) in [6.07, 6.45) is -2.86. The summed E-state index contributed by atoms with van der Waals surface area (Å²) in [6, 6.07) is 1.07. The highest BCUT2D eigenvalue weighted by Crippen LogP contribution is 2.27. The van der Waals surface area contributed by atoms with Gasteiger partial charge in [-0.1, -0.05) is 0 Å². The van der Waals surface area contributed by atoms with E-state index < -0.39 is 18.0 Å². The lowest BCUT2D eigenvalue weighted by molar-refractivity contribution is 0.0514. The van der Waals surface area contributed by atoms with Gasteiger partial charge in [0.2, 0.25) is 0 Å². The van der Waals surface area contributed by atoms with Crippen LogP contribution in [0.4, 0.5) is 14.6 Å². The summed E-state index contributed by atoms with van der Waals surface area (Å²) in [4.78, 5) is 15.2. The fourth-order valence-electron chi connectivity index (χ4n) is 1.41. The summed E-state index contributed by atoms with van der Waals surface area (Å²) in [5.74, 6) is -0.899. The molecule has 0 radical (unpaired) electrons. The molecule has 94 valence electrons. The third-order valence-electron chi connectivity index (χ3n) is 2.06. The minimum Gasteiger partial charge on any atom is -0.462 e. The van der Waals surface area contributed by atoms with E-state index in [1.807, 2.05) is 0 Å².